The van der Waals surface area contributed by atoms with Crippen molar-refractivity contribution >= 4 is 29.9 Å². The van der Waals surface area contributed by atoms with Gasteiger partial charge in [-0.05, 0) is 12.0 Å². The van der Waals surface area contributed by atoms with Crippen molar-refractivity contribution in [2.24, 2.45) is 10.7 Å². The maximum Gasteiger partial charge on any atom is 0.188 e. The number of nitrogens with two attached hydrogens (primary N) is 1. The van der Waals surface area contributed by atoms with Crippen LogP contribution in [0.15, 0.2) is 53.5 Å². The van der Waals surface area contributed by atoms with Crippen molar-refractivity contribution in [3.8, 4) is 17.2 Å². The predicted molar refractivity (Wildman–Crippen MR) is 120 cm³/mol. The summed E-state index contributed by atoms with van der Waals surface area (Å²) in [7, 11) is 3.22. The van der Waals surface area contributed by atoms with Gasteiger partial charge in [0.15, 0.2) is 5.96 Å². The van der Waals surface area contributed by atoms with E-state index < -0.39 is 0 Å². The summed E-state index contributed by atoms with van der Waals surface area (Å²) in [5.74, 6) is 2.57. The highest BCUT2D eigenvalue weighted by molar-refractivity contribution is 14.0. The Morgan fingerprint density at radius 1 is 1.00 bits per heavy atom. The van der Waals surface area contributed by atoms with Gasteiger partial charge in [0.25, 0.3) is 0 Å². The molecule has 2 aromatic carbocycles. The molecule has 0 bridgehead atoms. The zero-order chi connectivity index (χ0) is 18.6. The zero-order valence-corrected chi connectivity index (χ0v) is 18.1. The molecular weight excluding hydrogens is 457 g/mol. The monoisotopic (exact) mass is 485 g/mol. The molecule has 0 atom stereocenters. The fourth-order valence-electron chi connectivity index (χ4n) is 2.35. The summed E-state index contributed by atoms with van der Waals surface area (Å²) in [4.78, 5) is 4.31. The minimum Gasteiger partial charge on any atom is -0.496 e. The van der Waals surface area contributed by atoms with Crippen LogP contribution in [0.3, 0.4) is 0 Å². The van der Waals surface area contributed by atoms with E-state index in [-0.39, 0.29) is 24.0 Å². The second-order valence-electron chi connectivity index (χ2n) is 5.68. The van der Waals surface area contributed by atoms with Gasteiger partial charge in [-0.2, -0.15) is 0 Å². The molecule has 6 nitrogen and oxygen atoms in total. The number of hydrogen-bond donors (Lipinski definition) is 2. The number of ether oxygens (including phenoxy) is 3. The minimum atomic E-state index is 0. The average molecular weight is 485 g/mol. The lowest BCUT2D eigenvalue weighted by Gasteiger charge is -2.10. The number of benzene rings is 2. The summed E-state index contributed by atoms with van der Waals surface area (Å²) >= 11 is 0. The van der Waals surface area contributed by atoms with Gasteiger partial charge in [0.2, 0.25) is 0 Å². The van der Waals surface area contributed by atoms with Gasteiger partial charge < -0.3 is 25.3 Å². The van der Waals surface area contributed by atoms with Crippen molar-refractivity contribution < 1.29 is 14.2 Å². The van der Waals surface area contributed by atoms with Crippen molar-refractivity contribution in [3.63, 3.8) is 0 Å². The van der Waals surface area contributed by atoms with Gasteiger partial charge in [0, 0.05) is 37.7 Å². The molecule has 0 radical (unpaired) electrons. The van der Waals surface area contributed by atoms with Crippen LogP contribution in [0.1, 0.15) is 12.0 Å². The quantitative estimate of drug-likeness (QED) is 0.234. The number of nitrogens with one attached hydrogen (secondary N) is 1. The van der Waals surface area contributed by atoms with Gasteiger partial charge in [0.1, 0.15) is 17.2 Å². The normalized spacial score (nSPS) is 10.7. The molecule has 2 rings (SSSR count). The molecule has 27 heavy (non-hydrogen) atoms. The Labute approximate surface area is 178 Å². The van der Waals surface area contributed by atoms with Crippen LogP contribution >= 0.6 is 24.0 Å². The molecule has 0 aliphatic rings. The highest BCUT2D eigenvalue weighted by atomic mass is 127. The molecule has 0 spiro atoms. The summed E-state index contributed by atoms with van der Waals surface area (Å²) in [5.41, 5.74) is 7.15. The molecule has 0 amide bonds. The minimum absolute atomic E-state index is 0. The van der Waals surface area contributed by atoms with Crippen LogP contribution in [0.5, 0.6) is 17.2 Å². The van der Waals surface area contributed by atoms with Crippen LogP contribution in [0.25, 0.3) is 0 Å². The fourth-order valence-corrected chi connectivity index (χ4v) is 2.35. The number of methoxy groups -OCH3 is 2. The molecular formula is C20H28IN3O3. The third-order valence-corrected chi connectivity index (χ3v) is 3.74. The Morgan fingerprint density at radius 2 is 1.63 bits per heavy atom. The summed E-state index contributed by atoms with van der Waals surface area (Å²) in [6.45, 7) is 1.90. The molecule has 0 unspecified atom stereocenters. The zero-order valence-electron chi connectivity index (χ0n) is 15.8. The van der Waals surface area contributed by atoms with Crippen LogP contribution < -0.4 is 25.3 Å². The first kappa shape index (κ1) is 22.9. The third kappa shape index (κ3) is 8.85. The molecule has 7 heteroatoms. The van der Waals surface area contributed by atoms with Gasteiger partial charge in [-0.25, -0.2) is 0 Å². The van der Waals surface area contributed by atoms with E-state index in [2.05, 4.69) is 22.4 Å². The number of halogens is 1. The lowest BCUT2D eigenvalue weighted by molar-refractivity contribution is 0.307. The Kier molecular flexibility index (Phi) is 11.1. The van der Waals surface area contributed by atoms with E-state index in [0.717, 1.165) is 19.4 Å². The first-order chi connectivity index (χ1) is 12.7. The molecule has 0 saturated heterocycles. The molecule has 2 aromatic rings. The maximum atomic E-state index is 5.87. The molecule has 3 N–H and O–H groups in total. The van der Waals surface area contributed by atoms with Crippen LogP contribution in [0.2, 0.25) is 0 Å². The van der Waals surface area contributed by atoms with E-state index in [1.807, 2.05) is 30.3 Å². The first-order valence-corrected chi connectivity index (χ1v) is 8.65. The largest absolute Gasteiger partial charge is 0.496 e. The standard InChI is InChI=1S/C20H27N3O3.HI/c1-24-17-13-18(25-2)15-19(14-17)26-12-6-10-22-20(21)23-11-9-16-7-4-3-5-8-16;/h3-5,7-8,13-15H,6,9-12H2,1-2H3,(H3,21,22,23);1H. The number of aliphatic imine (C=N–C) groups is 1. The van der Waals surface area contributed by atoms with Crippen LogP contribution in [-0.4, -0.2) is 39.9 Å². The van der Waals surface area contributed by atoms with Gasteiger partial charge in [0.05, 0.1) is 20.8 Å². The topological polar surface area (TPSA) is 78.1 Å². The van der Waals surface area contributed by atoms with Gasteiger partial charge >= 0.3 is 0 Å². The summed E-state index contributed by atoms with van der Waals surface area (Å²) in [6, 6.07) is 15.7. The van der Waals surface area contributed by atoms with E-state index in [9.17, 15) is 0 Å². The van der Waals surface area contributed by atoms with E-state index >= 15 is 0 Å². The lowest BCUT2D eigenvalue weighted by atomic mass is 10.1. The van der Waals surface area contributed by atoms with Crippen LogP contribution in [0.4, 0.5) is 0 Å². The number of nitrogens with zero attached hydrogens (tertiary/aromatic N) is 1. The first-order valence-electron chi connectivity index (χ1n) is 8.65. The van der Waals surface area contributed by atoms with E-state index in [1.54, 1.807) is 20.3 Å². The van der Waals surface area contributed by atoms with Crippen molar-refractivity contribution in [1.82, 2.24) is 5.32 Å². The molecule has 0 heterocycles. The Bertz CT molecular complexity index is 674. The van der Waals surface area contributed by atoms with Gasteiger partial charge in [-0.1, -0.05) is 30.3 Å². The Morgan fingerprint density at radius 3 is 2.26 bits per heavy atom. The number of guanidine groups is 1. The molecule has 148 valence electrons. The lowest BCUT2D eigenvalue weighted by Crippen LogP contribution is -2.33. The summed E-state index contributed by atoms with van der Waals surface area (Å²) in [6.07, 6.45) is 1.68. The Hall–Kier alpha value is -2.16. The third-order valence-electron chi connectivity index (χ3n) is 3.74. The van der Waals surface area contributed by atoms with Gasteiger partial charge in [-0.15, -0.1) is 24.0 Å². The predicted octanol–water partition coefficient (Wildman–Crippen LogP) is 3.24. The van der Waals surface area contributed by atoms with Crippen LogP contribution in [-0.2, 0) is 6.42 Å². The highest BCUT2D eigenvalue weighted by Crippen LogP contribution is 2.27. The number of rotatable bonds is 10. The smallest absolute Gasteiger partial charge is 0.188 e. The average Bonchev–Trinajstić information content (AvgIpc) is 2.68. The SMILES string of the molecule is COc1cc(OC)cc(OCCCN=C(N)NCCc2ccccc2)c1.I. The van der Waals surface area contributed by atoms with Crippen molar-refractivity contribution in [3.05, 3.63) is 54.1 Å². The highest BCUT2D eigenvalue weighted by Gasteiger charge is 2.02. The second kappa shape index (κ2) is 13.1. The number of hydrogen-bond acceptors (Lipinski definition) is 4. The summed E-state index contributed by atoms with van der Waals surface area (Å²) < 4.78 is 16.2. The maximum absolute atomic E-state index is 5.87. The fraction of sp³-hybridized carbons (Fsp3) is 0.350. The summed E-state index contributed by atoms with van der Waals surface area (Å²) in [5, 5.41) is 3.12. The van der Waals surface area contributed by atoms with Gasteiger partial charge in [-0.3, -0.25) is 4.99 Å². The van der Waals surface area contributed by atoms with Crippen molar-refractivity contribution in [2.45, 2.75) is 12.8 Å². The van der Waals surface area contributed by atoms with E-state index in [4.69, 9.17) is 19.9 Å². The molecule has 0 aliphatic carbocycles. The van der Waals surface area contributed by atoms with E-state index in [1.165, 1.54) is 5.56 Å². The van der Waals surface area contributed by atoms with Crippen LogP contribution in [0, 0.1) is 0 Å². The second-order valence-corrected chi connectivity index (χ2v) is 5.68. The molecule has 0 fully saturated rings. The molecule has 0 aromatic heterocycles. The Balaban J connectivity index is 0.00000364. The van der Waals surface area contributed by atoms with Crippen molar-refractivity contribution in [2.75, 3.05) is 33.9 Å². The van der Waals surface area contributed by atoms with E-state index in [0.29, 0.717) is 36.4 Å². The molecule has 0 aliphatic heterocycles. The molecule has 0 saturated carbocycles. The van der Waals surface area contributed by atoms with Crippen molar-refractivity contribution in [1.29, 1.82) is 0 Å².